The first-order valence-electron chi connectivity index (χ1n) is 3.28. The van der Waals surface area contributed by atoms with E-state index in [-0.39, 0.29) is 12.1 Å². The molecule has 1 rings (SSSR count). The molecule has 0 spiro atoms. The molecule has 0 aromatic carbocycles. The zero-order valence-corrected chi connectivity index (χ0v) is 6.97. The van der Waals surface area contributed by atoms with E-state index in [1.165, 1.54) is 4.31 Å². The number of carbonyl (C=O) groups is 1. The first-order chi connectivity index (χ1) is 4.63. The van der Waals surface area contributed by atoms with Crippen LogP contribution in [0.5, 0.6) is 0 Å². The Morgan fingerprint density at radius 3 is 2.60 bits per heavy atom. The van der Waals surface area contributed by atoms with Gasteiger partial charge < -0.3 is 4.74 Å². The third-order valence-corrected chi connectivity index (χ3v) is 2.11. The summed E-state index contributed by atoms with van der Waals surface area (Å²) in [6.45, 7) is 4.55. The molecule has 1 heterocycles. The smallest absolute Gasteiger partial charge is 0.420 e. The highest BCUT2D eigenvalue weighted by atomic mass is 32.1. The van der Waals surface area contributed by atoms with Crippen LogP contribution in [0.25, 0.3) is 0 Å². The van der Waals surface area contributed by atoms with Gasteiger partial charge >= 0.3 is 6.09 Å². The minimum absolute atomic E-state index is 0.135. The van der Waals surface area contributed by atoms with E-state index in [4.69, 9.17) is 4.74 Å². The van der Waals surface area contributed by atoms with Crippen LogP contribution in [0.3, 0.4) is 0 Å². The molecule has 0 unspecified atom stereocenters. The van der Waals surface area contributed by atoms with Gasteiger partial charge in [-0.1, -0.05) is 26.7 Å². The second-order valence-electron chi connectivity index (χ2n) is 2.73. The van der Waals surface area contributed by atoms with Gasteiger partial charge in [0.2, 0.25) is 0 Å². The summed E-state index contributed by atoms with van der Waals surface area (Å²) in [6, 6.07) is 0.135. The number of nitrogens with zero attached hydrogens (tertiary/aromatic N) is 1. The molecule has 4 heteroatoms. The van der Waals surface area contributed by atoms with E-state index >= 15 is 0 Å². The van der Waals surface area contributed by atoms with Gasteiger partial charge in [0, 0.05) is 0 Å². The maximum atomic E-state index is 10.7. The van der Waals surface area contributed by atoms with E-state index in [9.17, 15) is 4.79 Å². The highest BCUT2D eigenvalue weighted by molar-refractivity contribution is 7.78. The molecule has 0 bridgehead atoms. The summed E-state index contributed by atoms with van der Waals surface area (Å²) in [5, 5.41) is 0. The SMILES string of the molecule is CC(C)[C@@H]1COC(=O)N1S. The molecule has 3 nitrogen and oxygen atoms in total. The second-order valence-corrected chi connectivity index (χ2v) is 3.16. The quantitative estimate of drug-likeness (QED) is 0.587. The van der Waals surface area contributed by atoms with E-state index in [1.54, 1.807) is 0 Å². The molecule has 1 amide bonds. The number of hydrogen-bond donors (Lipinski definition) is 1. The van der Waals surface area contributed by atoms with Crippen molar-refractivity contribution < 1.29 is 9.53 Å². The van der Waals surface area contributed by atoms with Crippen LogP contribution in [0.2, 0.25) is 0 Å². The second kappa shape index (κ2) is 2.70. The monoisotopic (exact) mass is 161 g/mol. The molecule has 58 valence electrons. The van der Waals surface area contributed by atoms with Crippen molar-refractivity contribution in [2.24, 2.45) is 5.92 Å². The Morgan fingerprint density at radius 2 is 2.40 bits per heavy atom. The van der Waals surface area contributed by atoms with Crippen LogP contribution in [-0.4, -0.2) is 23.0 Å². The minimum atomic E-state index is -0.331. The Balaban J connectivity index is 2.57. The van der Waals surface area contributed by atoms with E-state index in [2.05, 4.69) is 12.8 Å². The molecule has 0 radical (unpaired) electrons. The molecule has 0 aromatic rings. The van der Waals surface area contributed by atoms with Crippen molar-refractivity contribution >= 4 is 18.9 Å². The summed E-state index contributed by atoms with van der Waals surface area (Å²) in [6.07, 6.45) is -0.331. The van der Waals surface area contributed by atoms with Gasteiger partial charge in [0.05, 0.1) is 6.04 Å². The summed E-state index contributed by atoms with van der Waals surface area (Å²) in [7, 11) is 0. The maximum Gasteiger partial charge on any atom is 0.420 e. The van der Waals surface area contributed by atoms with Crippen molar-refractivity contribution in [2.45, 2.75) is 19.9 Å². The van der Waals surface area contributed by atoms with Crippen LogP contribution in [0.15, 0.2) is 0 Å². The molecule has 1 saturated heterocycles. The van der Waals surface area contributed by atoms with Gasteiger partial charge in [-0.25, -0.2) is 9.10 Å². The summed E-state index contributed by atoms with van der Waals surface area (Å²) in [4.78, 5) is 10.7. The fraction of sp³-hybridized carbons (Fsp3) is 0.833. The zero-order valence-electron chi connectivity index (χ0n) is 6.07. The van der Waals surface area contributed by atoms with Crippen LogP contribution in [-0.2, 0) is 4.74 Å². The standard InChI is InChI=1S/C6H11NO2S/c1-4(2)5-3-9-6(8)7(5)10/h4-5,10H,3H2,1-2H3/t5-/m0/s1. The summed E-state index contributed by atoms with van der Waals surface area (Å²) in [5.74, 6) is 0.406. The Morgan fingerprint density at radius 1 is 1.80 bits per heavy atom. The van der Waals surface area contributed by atoms with Crippen LogP contribution in [0.4, 0.5) is 4.79 Å². The van der Waals surface area contributed by atoms with Gasteiger partial charge in [0.1, 0.15) is 6.61 Å². The Labute approximate surface area is 65.9 Å². The van der Waals surface area contributed by atoms with Crippen molar-refractivity contribution in [2.75, 3.05) is 6.61 Å². The highest BCUT2D eigenvalue weighted by Crippen LogP contribution is 2.20. The largest absolute Gasteiger partial charge is 0.447 e. The Hall–Kier alpha value is -0.380. The lowest BCUT2D eigenvalue weighted by molar-refractivity contribution is 0.171. The summed E-state index contributed by atoms with van der Waals surface area (Å²) >= 11 is 3.98. The molecular formula is C6H11NO2S. The van der Waals surface area contributed by atoms with Crippen molar-refractivity contribution in [1.29, 1.82) is 0 Å². The lowest BCUT2D eigenvalue weighted by atomic mass is 10.1. The Bertz CT molecular complexity index is 149. The molecule has 1 atom stereocenters. The average Bonchev–Trinajstić information content (AvgIpc) is 2.14. The van der Waals surface area contributed by atoms with Crippen molar-refractivity contribution in [1.82, 2.24) is 4.31 Å². The highest BCUT2D eigenvalue weighted by Gasteiger charge is 2.32. The molecule has 0 saturated carbocycles. The lowest BCUT2D eigenvalue weighted by Gasteiger charge is -2.17. The van der Waals surface area contributed by atoms with Crippen LogP contribution >= 0.6 is 12.8 Å². The van der Waals surface area contributed by atoms with Gasteiger partial charge in [-0.2, -0.15) is 0 Å². The fourth-order valence-corrected chi connectivity index (χ4v) is 1.29. The first kappa shape index (κ1) is 7.72. The summed E-state index contributed by atoms with van der Waals surface area (Å²) in [5.41, 5.74) is 0. The predicted octanol–water partition coefficient (Wildman–Crippen LogP) is 1.31. The van der Waals surface area contributed by atoms with Gasteiger partial charge in [-0.05, 0) is 5.92 Å². The molecule has 1 aliphatic rings. The normalized spacial score (nSPS) is 25.8. The maximum absolute atomic E-state index is 10.7. The third-order valence-electron chi connectivity index (χ3n) is 1.65. The summed E-state index contributed by atoms with van der Waals surface area (Å²) < 4.78 is 6.10. The van der Waals surface area contributed by atoms with Crippen molar-refractivity contribution in [3.63, 3.8) is 0 Å². The number of cyclic esters (lactones) is 1. The number of ether oxygens (including phenoxy) is 1. The number of thiol groups is 1. The molecule has 0 aromatic heterocycles. The van der Waals surface area contributed by atoms with Gasteiger partial charge in [-0.3, -0.25) is 0 Å². The van der Waals surface area contributed by atoms with Gasteiger partial charge in [0.15, 0.2) is 0 Å². The van der Waals surface area contributed by atoms with Gasteiger partial charge in [0.25, 0.3) is 0 Å². The molecule has 0 aliphatic carbocycles. The minimum Gasteiger partial charge on any atom is -0.447 e. The average molecular weight is 161 g/mol. The molecule has 0 N–H and O–H groups in total. The molecule has 10 heavy (non-hydrogen) atoms. The third kappa shape index (κ3) is 1.21. The van der Waals surface area contributed by atoms with E-state index in [0.717, 1.165) is 0 Å². The molecule has 1 fully saturated rings. The van der Waals surface area contributed by atoms with Crippen LogP contribution in [0.1, 0.15) is 13.8 Å². The van der Waals surface area contributed by atoms with Crippen LogP contribution in [0, 0.1) is 5.92 Å². The topological polar surface area (TPSA) is 29.5 Å². The number of carbonyl (C=O) groups excluding carboxylic acids is 1. The Kier molecular flexibility index (Phi) is 2.08. The van der Waals surface area contributed by atoms with E-state index in [1.807, 2.05) is 13.8 Å². The first-order valence-corrected chi connectivity index (χ1v) is 3.68. The zero-order chi connectivity index (χ0) is 7.72. The number of hydrogen-bond acceptors (Lipinski definition) is 3. The predicted molar refractivity (Wildman–Crippen MR) is 40.8 cm³/mol. The van der Waals surface area contributed by atoms with Crippen molar-refractivity contribution in [3.8, 4) is 0 Å². The van der Waals surface area contributed by atoms with E-state index < -0.39 is 0 Å². The van der Waals surface area contributed by atoms with Crippen molar-refractivity contribution in [3.05, 3.63) is 0 Å². The van der Waals surface area contributed by atoms with Crippen LogP contribution < -0.4 is 0 Å². The molecular weight excluding hydrogens is 150 g/mol. The van der Waals surface area contributed by atoms with Gasteiger partial charge in [-0.15, -0.1) is 0 Å². The lowest BCUT2D eigenvalue weighted by Crippen LogP contribution is -2.29. The molecule has 1 aliphatic heterocycles. The van der Waals surface area contributed by atoms with E-state index in [0.29, 0.717) is 12.5 Å². The fourth-order valence-electron chi connectivity index (χ4n) is 0.904. The number of amides is 1. The number of rotatable bonds is 1.